The number of unbranched alkanes of at least 4 members (excludes halogenated alkanes) is 34. The molecule has 19 heteroatoms. The van der Waals surface area contributed by atoms with Crippen molar-refractivity contribution in [3.05, 3.63) is 0 Å². The Morgan fingerprint density at radius 2 is 0.548 bits per heavy atom. The number of aliphatic hydroxyl groups excluding tert-OH is 1. The lowest BCUT2D eigenvalue weighted by Crippen LogP contribution is -2.30. The molecule has 0 bridgehead atoms. The zero-order chi connectivity index (χ0) is 62.2. The van der Waals surface area contributed by atoms with Gasteiger partial charge >= 0.3 is 39.5 Å². The van der Waals surface area contributed by atoms with Crippen LogP contribution in [0, 0.1) is 11.8 Å². The first-order valence-electron chi connectivity index (χ1n) is 34.0. The molecule has 0 aromatic carbocycles. The van der Waals surface area contributed by atoms with E-state index in [2.05, 4.69) is 41.5 Å². The average molecular weight is 1240 g/mol. The van der Waals surface area contributed by atoms with Gasteiger partial charge in [-0.25, -0.2) is 9.13 Å². The number of carbonyl (C=O) groups excluding carboxylic acids is 4. The van der Waals surface area contributed by atoms with Crippen LogP contribution in [0.4, 0.5) is 0 Å². The highest BCUT2D eigenvalue weighted by atomic mass is 31.2. The SMILES string of the molecule is CCCCCCCCCCCCCCCC(=O)O[C@H](COC(=O)CCCCCCCCCCCC(C)C)COP(=O)(O)OC[C@@H](O)COP(=O)(O)OC[C@@H](COC(=O)CCCCCCCCCC)OC(=O)CCCCCCCCCCC(C)C. The molecule has 0 aliphatic rings. The molecule has 17 nitrogen and oxygen atoms in total. The number of carbonyl (C=O) groups is 4. The van der Waals surface area contributed by atoms with Crippen molar-refractivity contribution in [2.75, 3.05) is 39.6 Å². The normalized spacial score (nSPS) is 14.3. The minimum atomic E-state index is -4.95. The van der Waals surface area contributed by atoms with E-state index in [1.807, 2.05) is 0 Å². The molecule has 84 heavy (non-hydrogen) atoms. The van der Waals surface area contributed by atoms with Crippen molar-refractivity contribution in [1.82, 2.24) is 0 Å². The summed E-state index contributed by atoms with van der Waals surface area (Å²) in [5.41, 5.74) is 0. The van der Waals surface area contributed by atoms with Gasteiger partial charge in [-0.05, 0) is 37.5 Å². The van der Waals surface area contributed by atoms with Crippen molar-refractivity contribution in [3.63, 3.8) is 0 Å². The van der Waals surface area contributed by atoms with Gasteiger partial charge in [-0.1, -0.05) is 273 Å². The fourth-order valence-corrected chi connectivity index (χ4v) is 11.3. The monoisotopic (exact) mass is 1240 g/mol. The number of phosphoric ester groups is 2. The Morgan fingerprint density at radius 3 is 0.810 bits per heavy atom. The summed E-state index contributed by atoms with van der Waals surface area (Å²) in [5.74, 6) is -0.672. The average Bonchev–Trinajstić information content (AvgIpc) is 3.65. The predicted octanol–water partition coefficient (Wildman–Crippen LogP) is 18.0. The van der Waals surface area contributed by atoms with E-state index < -0.39 is 97.5 Å². The van der Waals surface area contributed by atoms with Crippen LogP contribution in [0.1, 0.15) is 324 Å². The third-order valence-corrected chi connectivity index (χ3v) is 16.9. The predicted molar refractivity (Wildman–Crippen MR) is 335 cm³/mol. The maximum Gasteiger partial charge on any atom is 0.472 e. The number of esters is 4. The molecule has 0 aromatic heterocycles. The Bertz CT molecular complexity index is 1650. The fraction of sp³-hybridized carbons (Fsp3) is 0.938. The highest BCUT2D eigenvalue weighted by molar-refractivity contribution is 7.47. The van der Waals surface area contributed by atoms with E-state index in [-0.39, 0.29) is 25.7 Å². The second-order valence-electron chi connectivity index (χ2n) is 24.5. The fourth-order valence-electron chi connectivity index (χ4n) is 9.71. The second kappa shape index (κ2) is 57.5. The van der Waals surface area contributed by atoms with Crippen LogP contribution in [0.25, 0.3) is 0 Å². The minimum Gasteiger partial charge on any atom is -0.462 e. The van der Waals surface area contributed by atoms with Crippen LogP contribution in [0.2, 0.25) is 0 Å². The van der Waals surface area contributed by atoms with E-state index in [9.17, 15) is 43.2 Å². The summed E-state index contributed by atoms with van der Waals surface area (Å²) in [6.07, 6.45) is 40.3. The van der Waals surface area contributed by atoms with Crippen LogP contribution in [-0.2, 0) is 65.4 Å². The molecule has 498 valence electrons. The van der Waals surface area contributed by atoms with Crippen LogP contribution >= 0.6 is 15.6 Å². The molecule has 0 aliphatic heterocycles. The summed E-state index contributed by atoms with van der Waals surface area (Å²) >= 11 is 0. The smallest absolute Gasteiger partial charge is 0.462 e. The van der Waals surface area contributed by atoms with Crippen LogP contribution < -0.4 is 0 Å². The molecule has 0 rings (SSSR count). The van der Waals surface area contributed by atoms with Crippen LogP contribution in [-0.4, -0.2) is 96.7 Å². The largest absolute Gasteiger partial charge is 0.472 e. The molecule has 0 amide bonds. The molecule has 0 aliphatic carbocycles. The van der Waals surface area contributed by atoms with E-state index in [1.165, 1.54) is 135 Å². The summed E-state index contributed by atoms with van der Waals surface area (Å²) < 4.78 is 68.0. The highest BCUT2D eigenvalue weighted by Gasteiger charge is 2.30. The highest BCUT2D eigenvalue weighted by Crippen LogP contribution is 2.45. The molecular formula is C65H126O17P2. The van der Waals surface area contributed by atoms with Gasteiger partial charge in [0.05, 0.1) is 26.4 Å². The Kier molecular flexibility index (Phi) is 56.2. The number of hydrogen-bond donors (Lipinski definition) is 3. The zero-order valence-corrected chi connectivity index (χ0v) is 56.0. The third-order valence-electron chi connectivity index (χ3n) is 15.0. The summed E-state index contributed by atoms with van der Waals surface area (Å²) in [6, 6.07) is 0. The Morgan fingerprint density at radius 1 is 0.321 bits per heavy atom. The Balaban J connectivity index is 5.23. The van der Waals surface area contributed by atoms with Crippen molar-refractivity contribution in [2.24, 2.45) is 11.8 Å². The molecule has 0 radical (unpaired) electrons. The third kappa shape index (κ3) is 59.0. The zero-order valence-electron chi connectivity index (χ0n) is 54.2. The number of phosphoric acid groups is 2. The van der Waals surface area contributed by atoms with Crippen LogP contribution in [0.15, 0.2) is 0 Å². The molecule has 0 spiro atoms. The van der Waals surface area contributed by atoms with Gasteiger partial charge in [0.1, 0.15) is 19.3 Å². The quantitative estimate of drug-likeness (QED) is 0.0222. The van der Waals surface area contributed by atoms with Gasteiger partial charge in [0.25, 0.3) is 0 Å². The molecule has 0 saturated heterocycles. The van der Waals surface area contributed by atoms with Gasteiger partial charge in [-0.2, -0.15) is 0 Å². The van der Waals surface area contributed by atoms with E-state index in [0.717, 1.165) is 108 Å². The van der Waals surface area contributed by atoms with E-state index in [4.69, 9.17) is 37.0 Å². The van der Waals surface area contributed by atoms with Gasteiger partial charge in [-0.3, -0.25) is 37.3 Å². The van der Waals surface area contributed by atoms with Crippen molar-refractivity contribution < 1.29 is 80.2 Å². The minimum absolute atomic E-state index is 0.104. The summed E-state index contributed by atoms with van der Waals surface area (Å²) in [7, 11) is -9.89. The van der Waals surface area contributed by atoms with E-state index >= 15 is 0 Å². The Labute approximate surface area is 511 Å². The summed E-state index contributed by atoms with van der Waals surface area (Å²) in [5, 5.41) is 10.5. The van der Waals surface area contributed by atoms with Crippen molar-refractivity contribution >= 4 is 39.5 Å². The molecule has 0 heterocycles. The first-order valence-corrected chi connectivity index (χ1v) is 37.0. The lowest BCUT2D eigenvalue weighted by molar-refractivity contribution is -0.161. The Hall–Kier alpha value is -1.94. The lowest BCUT2D eigenvalue weighted by atomic mass is 10.0. The number of rotatable bonds is 64. The topological polar surface area (TPSA) is 237 Å². The molecule has 3 N–H and O–H groups in total. The molecule has 5 atom stereocenters. The molecular weight excluding hydrogens is 1110 g/mol. The van der Waals surface area contributed by atoms with E-state index in [0.29, 0.717) is 25.7 Å². The standard InChI is InChI=1S/C65H126O17P2/c1-7-9-11-13-15-17-18-19-20-23-31-37-43-49-64(69)81-61(54-76-63(68)48-42-36-30-24-21-22-27-33-39-45-57(3)4)56-80-84(73,74)78-52-59(66)51-77-83(71,72)79-55-60(53-75-62(67)47-41-35-29-16-14-12-10-8-2)82-65(70)50-44-38-32-26-25-28-34-40-46-58(5)6/h57-61,66H,7-56H2,1-6H3,(H,71,72)(H,73,74)/t59-,60+,61+/m0/s1. The molecule has 0 fully saturated rings. The first-order chi connectivity index (χ1) is 40.4. The second-order valence-corrected chi connectivity index (χ2v) is 27.4. The van der Waals surface area contributed by atoms with Crippen molar-refractivity contribution in [2.45, 2.75) is 342 Å². The maximum absolute atomic E-state index is 13.0. The van der Waals surface area contributed by atoms with Crippen molar-refractivity contribution in [3.8, 4) is 0 Å². The van der Waals surface area contributed by atoms with Gasteiger partial charge in [-0.15, -0.1) is 0 Å². The summed E-state index contributed by atoms with van der Waals surface area (Å²) in [4.78, 5) is 72.2. The molecule has 0 aromatic rings. The van der Waals surface area contributed by atoms with E-state index in [1.54, 1.807) is 0 Å². The lowest BCUT2D eigenvalue weighted by Gasteiger charge is -2.21. The van der Waals surface area contributed by atoms with Gasteiger partial charge in [0.2, 0.25) is 0 Å². The first kappa shape index (κ1) is 82.1. The number of aliphatic hydroxyl groups is 1. The van der Waals surface area contributed by atoms with Crippen LogP contribution in [0.5, 0.6) is 0 Å². The summed E-state index contributed by atoms with van der Waals surface area (Å²) in [6.45, 7) is 9.42. The molecule has 2 unspecified atom stereocenters. The number of ether oxygens (including phenoxy) is 4. The van der Waals surface area contributed by atoms with Gasteiger partial charge in [0, 0.05) is 25.7 Å². The number of hydrogen-bond acceptors (Lipinski definition) is 15. The van der Waals surface area contributed by atoms with Crippen molar-refractivity contribution in [1.29, 1.82) is 0 Å². The molecule has 0 saturated carbocycles. The maximum atomic E-state index is 13.0. The van der Waals surface area contributed by atoms with Gasteiger partial charge in [0.15, 0.2) is 12.2 Å². The van der Waals surface area contributed by atoms with Gasteiger partial charge < -0.3 is 33.8 Å². The van der Waals surface area contributed by atoms with Crippen LogP contribution in [0.3, 0.4) is 0 Å².